The molecule has 0 spiro atoms. The number of rotatable bonds is 7. The molecule has 1 N–H and O–H groups in total. The maximum atomic E-state index is 5.66. The van der Waals surface area contributed by atoms with Gasteiger partial charge in [0.05, 0.1) is 6.61 Å². The van der Waals surface area contributed by atoms with Gasteiger partial charge in [-0.05, 0) is 56.7 Å². The quantitative estimate of drug-likeness (QED) is 0.792. The summed E-state index contributed by atoms with van der Waals surface area (Å²) in [4.78, 5) is 0. The molecule has 2 heteroatoms. The van der Waals surface area contributed by atoms with Crippen molar-refractivity contribution in [3.05, 3.63) is 29.8 Å². The molecule has 0 saturated heterocycles. The van der Waals surface area contributed by atoms with E-state index in [1.807, 2.05) is 6.07 Å². The van der Waals surface area contributed by atoms with Gasteiger partial charge in [-0.2, -0.15) is 0 Å². The van der Waals surface area contributed by atoms with Crippen LogP contribution in [0.25, 0.3) is 0 Å². The van der Waals surface area contributed by atoms with Gasteiger partial charge in [0.15, 0.2) is 0 Å². The van der Waals surface area contributed by atoms with Crippen LogP contribution in [-0.2, 0) is 6.54 Å². The van der Waals surface area contributed by atoms with Crippen LogP contribution in [0, 0.1) is 5.92 Å². The highest BCUT2D eigenvalue weighted by atomic mass is 16.5. The van der Waals surface area contributed by atoms with Crippen molar-refractivity contribution in [2.24, 2.45) is 5.92 Å². The molecule has 0 aliphatic heterocycles. The zero-order valence-corrected chi connectivity index (χ0v) is 11.8. The fourth-order valence-electron chi connectivity index (χ4n) is 2.24. The third-order valence-electron chi connectivity index (χ3n) is 3.72. The van der Waals surface area contributed by atoms with E-state index in [-0.39, 0.29) is 5.54 Å². The molecule has 1 aliphatic rings. The lowest BCUT2D eigenvalue weighted by Gasteiger charge is -2.26. The predicted octanol–water partition coefficient (Wildman–Crippen LogP) is 3.75. The lowest BCUT2D eigenvalue weighted by molar-refractivity contribution is 0.315. The fraction of sp³-hybridized carbons (Fsp3) is 0.625. The molecule has 1 aromatic carbocycles. The summed E-state index contributed by atoms with van der Waals surface area (Å²) in [6.45, 7) is 8.46. The van der Waals surface area contributed by atoms with Crippen LogP contribution in [0.2, 0.25) is 0 Å². The second-order valence-corrected chi connectivity index (χ2v) is 5.85. The summed E-state index contributed by atoms with van der Waals surface area (Å²) >= 11 is 0. The van der Waals surface area contributed by atoms with Gasteiger partial charge in [0, 0.05) is 12.1 Å². The van der Waals surface area contributed by atoms with Crippen molar-refractivity contribution >= 4 is 0 Å². The first-order chi connectivity index (χ1) is 8.62. The minimum absolute atomic E-state index is 0.264. The summed E-state index contributed by atoms with van der Waals surface area (Å²) < 4.78 is 5.66. The van der Waals surface area contributed by atoms with Crippen molar-refractivity contribution < 1.29 is 4.74 Å². The van der Waals surface area contributed by atoms with Crippen molar-refractivity contribution in [3.63, 3.8) is 0 Å². The second-order valence-electron chi connectivity index (χ2n) is 5.85. The van der Waals surface area contributed by atoms with Gasteiger partial charge in [0.2, 0.25) is 0 Å². The van der Waals surface area contributed by atoms with Crippen molar-refractivity contribution in [1.29, 1.82) is 0 Å². The number of nitrogens with one attached hydrogen (secondary N) is 1. The molecule has 1 aromatic rings. The summed E-state index contributed by atoms with van der Waals surface area (Å²) in [5, 5.41) is 3.66. The predicted molar refractivity (Wildman–Crippen MR) is 75.9 cm³/mol. The fourth-order valence-corrected chi connectivity index (χ4v) is 2.24. The van der Waals surface area contributed by atoms with Crippen LogP contribution in [0.4, 0.5) is 0 Å². The Morgan fingerprint density at radius 3 is 2.78 bits per heavy atom. The molecule has 1 saturated carbocycles. The molecular weight excluding hydrogens is 222 g/mol. The van der Waals surface area contributed by atoms with Gasteiger partial charge in [-0.15, -0.1) is 0 Å². The van der Waals surface area contributed by atoms with Crippen molar-refractivity contribution in [2.45, 2.75) is 52.1 Å². The van der Waals surface area contributed by atoms with Crippen LogP contribution in [0.3, 0.4) is 0 Å². The molecule has 0 aromatic heterocycles. The van der Waals surface area contributed by atoms with Crippen LogP contribution in [0.1, 0.15) is 45.6 Å². The molecule has 0 radical (unpaired) electrons. The van der Waals surface area contributed by atoms with E-state index in [9.17, 15) is 0 Å². The van der Waals surface area contributed by atoms with Gasteiger partial charge >= 0.3 is 0 Å². The van der Waals surface area contributed by atoms with E-state index >= 15 is 0 Å². The average molecular weight is 247 g/mol. The second kappa shape index (κ2) is 5.75. The summed E-state index contributed by atoms with van der Waals surface area (Å²) in [5.74, 6) is 1.84. The third-order valence-corrected chi connectivity index (χ3v) is 3.72. The van der Waals surface area contributed by atoms with Gasteiger partial charge in [0.25, 0.3) is 0 Å². The van der Waals surface area contributed by atoms with Crippen LogP contribution in [0.5, 0.6) is 5.75 Å². The highest BCUT2D eigenvalue weighted by Crippen LogP contribution is 2.39. The number of hydrogen-bond acceptors (Lipinski definition) is 2. The topological polar surface area (TPSA) is 21.3 Å². The Balaban J connectivity index is 1.88. The molecular formula is C16H25NO. The molecule has 100 valence electrons. The highest BCUT2D eigenvalue weighted by molar-refractivity contribution is 5.28. The Hall–Kier alpha value is -1.02. The van der Waals surface area contributed by atoms with E-state index < -0.39 is 0 Å². The van der Waals surface area contributed by atoms with Crippen LogP contribution >= 0.6 is 0 Å². The SMILES string of the molecule is CCCOc1cccc(CNC(C)(C)C2CC2)c1. The van der Waals surface area contributed by atoms with Gasteiger partial charge in [-0.3, -0.25) is 0 Å². The zero-order chi connectivity index (χ0) is 13.0. The maximum Gasteiger partial charge on any atom is 0.119 e. The molecule has 0 bridgehead atoms. The zero-order valence-electron chi connectivity index (χ0n) is 11.8. The lowest BCUT2D eigenvalue weighted by atomic mass is 9.98. The van der Waals surface area contributed by atoms with E-state index in [1.54, 1.807) is 0 Å². The normalized spacial score (nSPS) is 15.7. The molecule has 2 rings (SSSR count). The Morgan fingerprint density at radius 1 is 1.33 bits per heavy atom. The number of hydrogen-bond donors (Lipinski definition) is 1. The Morgan fingerprint density at radius 2 is 2.11 bits per heavy atom. The van der Waals surface area contributed by atoms with Gasteiger partial charge in [-0.25, -0.2) is 0 Å². The van der Waals surface area contributed by atoms with Crippen LogP contribution in [-0.4, -0.2) is 12.1 Å². The van der Waals surface area contributed by atoms with Crippen LogP contribution in [0.15, 0.2) is 24.3 Å². The van der Waals surface area contributed by atoms with Crippen LogP contribution < -0.4 is 10.1 Å². The van der Waals surface area contributed by atoms with E-state index in [4.69, 9.17) is 4.74 Å². The Bertz CT molecular complexity index is 382. The highest BCUT2D eigenvalue weighted by Gasteiger charge is 2.37. The largest absolute Gasteiger partial charge is 0.494 e. The van der Waals surface area contributed by atoms with E-state index in [2.05, 4.69) is 44.3 Å². The van der Waals surface area contributed by atoms with Gasteiger partial charge < -0.3 is 10.1 Å². The minimum atomic E-state index is 0.264. The molecule has 0 unspecified atom stereocenters. The van der Waals surface area contributed by atoms with Gasteiger partial charge in [0.1, 0.15) is 5.75 Å². The summed E-state index contributed by atoms with van der Waals surface area (Å²) in [6, 6.07) is 8.41. The van der Waals surface area contributed by atoms with Crippen molar-refractivity contribution in [3.8, 4) is 5.75 Å². The molecule has 0 amide bonds. The minimum Gasteiger partial charge on any atom is -0.494 e. The maximum absolute atomic E-state index is 5.66. The van der Waals surface area contributed by atoms with Crippen molar-refractivity contribution in [1.82, 2.24) is 5.32 Å². The smallest absolute Gasteiger partial charge is 0.119 e. The van der Waals surface area contributed by atoms with E-state index in [0.29, 0.717) is 0 Å². The third kappa shape index (κ3) is 3.74. The number of benzene rings is 1. The number of ether oxygens (including phenoxy) is 1. The monoisotopic (exact) mass is 247 g/mol. The molecule has 2 nitrogen and oxygen atoms in total. The average Bonchev–Trinajstić information content (AvgIpc) is 3.19. The lowest BCUT2D eigenvalue weighted by Crippen LogP contribution is -2.40. The summed E-state index contributed by atoms with van der Waals surface area (Å²) in [7, 11) is 0. The summed E-state index contributed by atoms with van der Waals surface area (Å²) in [6.07, 6.45) is 3.80. The Labute approximate surface area is 111 Å². The van der Waals surface area contributed by atoms with Gasteiger partial charge in [-0.1, -0.05) is 19.1 Å². The first-order valence-electron chi connectivity index (χ1n) is 7.08. The molecule has 0 atom stereocenters. The summed E-state index contributed by atoms with van der Waals surface area (Å²) in [5.41, 5.74) is 1.57. The molecule has 0 heterocycles. The Kier molecular flexibility index (Phi) is 4.28. The van der Waals surface area contributed by atoms with Crippen molar-refractivity contribution in [2.75, 3.05) is 6.61 Å². The molecule has 1 fully saturated rings. The molecule has 18 heavy (non-hydrogen) atoms. The standard InChI is InChI=1S/C16H25NO/c1-4-10-18-15-7-5-6-13(11-15)12-17-16(2,3)14-8-9-14/h5-7,11,14,17H,4,8-10,12H2,1-3H3. The first kappa shape index (κ1) is 13.4. The first-order valence-corrected chi connectivity index (χ1v) is 7.08. The van der Waals surface area contributed by atoms with E-state index in [0.717, 1.165) is 31.2 Å². The molecule has 1 aliphatic carbocycles. The van der Waals surface area contributed by atoms with E-state index in [1.165, 1.54) is 18.4 Å².